The molecule has 0 fully saturated rings. The van der Waals surface area contributed by atoms with Gasteiger partial charge in [-0.1, -0.05) is 0 Å². The third-order valence-corrected chi connectivity index (χ3v) is 3.03. The van der Waals surface area contributed by atoms with Crippen molar-refractivity contribution in [3.8, 4) is 5.75 Å². The molecule has 0 saturated heterocycles. The van der Waals surface area contributed by atoms with Crippen LogP contribution in [0.25, 0.3) is 0 Å². The molecule has 8 heteroatoms. The molecule has 1 heterocycles. The molecule has 1 N–H and O–H groups in total. The molecule has 118 valence electrons. The zero-order chi connectivity index (χ0) is 16.3. The van der Waals surface area contributed by atoms with Gasteiger partial charge in [0.2, 0.25) is 0 Å². The smallest absolute Gasteiger partial charge is 0.327 e. The Morgan fingerprint density at radius 2 is 2.23 bits per heavy atom. The van der Waals surface area contributed by atoms with Gasteiger partial charge in [-0.05, 0) is 26.8 Å². The average Bonchev–Trinajstić information content (AvgIpc) is 2.44. The van der Waals surface area contributed by atoms with Gasteiger partial charge in [0.1, 0.15) is 18.1 Å². The number of hydrogen-bond donors (Lipinski definition) is 1. The van der Waals surface area contributed by atoms with E-state index in [2.05, 4.69) is 10.3 Å². The minimum absolute atomic E-state index is 0.0562. The molecule has 0 saturated carbocycles. The van der Waals surface area contributed by atoms with Crippen molar-refractivity contribution in [2.24, 2.45) is 4.99 Å². The summed E-state index contributed by atoms with van der Waals surface area (Å²) in [6.07, 6.45) is 0. The highest BCUT2D eigenvalue weighted by molar-refractivity contribution is 6.05. The van der Waals surface area contributed by atoms with Crippen LogP contribution in [0, 0.1) is 10.1 Å². The maximum absolute atomic E-state index is 11.4. The first kappa shape index (κ1) is 15.7. The van der Waals surface area contributed by atoms with Crippen LogP contribution in [-0.2, 0) is 9.53 Å². The summed E-state index contributed by atoms with van der Waals surface area (Å²) < 4.78 is 10.6. The highest BCUT2D eigenvalue weighted by Gasteiger charge is 2.34. The van der Waals surface area contributed by atoms with Crippen LogP contribution in [0.5, 0.6) is 5.75 Å². The third-order valence-electron chi connectivity index (χ3n) is 3.03. The van der Waals surface area contributed by atoms with Gasteiger partial charge in [-0.25, -0.2) is 0 Å². The van der Waals surface area contributed by atoms with Crippen LogP contribution < -0.4 is 10.1 Å². The molecule has 8 nitrogen and oxygen atoms in total. The van der Waals surface area contributed by atoms with Crippen molar-refractivity contribution < 1.29 is 19.2 Å². The molecule has 1 aliphatic rings. The molecule has 0 aliphatic carbocycles. The molecular formula is C14H17N3O5. The first-order valence-electron chi connectivity index (χ1n) is 6.78. The number of carbonyl (C=O) groups is 1. The van der Waals surface area contributed by atoms with Crippen molar-refractivity contribution in [2.45, 2.75) is 26.4 Å². The minimum atomic E-state index is -0.782. The number of amidine groups is 1. The molecule has 1 aromatic rings. The highest BCUT2D eigenvalue weighted by Crippen LogP contribution is 2.36. The molecule has 0 bridgehead atoms. The van der Waals surface area contributed by atoms with Crippen LogP contribution >= 0.6 is 0 Å². The zero-order valence-electron chi connectivity index (χ0n) is 12.6. The molecule has 22 heavy (non-hydrogen) atoms. The number of nitro benzene ring substituents is 1. The second kappa shape index (κ2) is 6.00. The number of anilines is 1. The van der Waals surface area contributed by atoms with Crippen molar-refractivity contribution in [1.29, 1.82) is 0 Å². The van der Waals surface area contributed by atoms with Gasteiger partial charge in [0.15, 0.2) is 5.60 Å². The Hall–Kier alpha value is -2.64. The van der Waals surface area contributed by atoms with E-state index < -0.39 is 16.5 Å². The van der Waals surface area contributed by atoms with Crippen molar-refractivity contribution in [2.75, 3.05) is 18.5 Å². The molecule has 2 rings (SSSR count). The van der Waals surface area contributed by atoms with Crippen LogP contribution in [0.15, 0.2) is 23.2 Å². The molecule has 0 radical (unpaired) electrons. The highest BCUT2D eigenvalue weighted by atomic mass is 16.6. The van der Waals surface area contributed by atoms with Crippen LogP contribution in [0.4, 0.5) is 11.4 Å². The van der Waals surface area contributed by atoms with Gasteiger partial charge in [0.05, 0.1) is 17.2 Å². The fourth-order valence-electron chi connectivity index (χ4n) is 2.00. The van der Waals surface area contributed by atoms with Crippen molar-refractivity contribution in [1.82, 2.24) is 0 Å². The fraction of sp³-hybridized carbons (Fsp3) is 0.429. The maximum Gasteiger partial charge on any atom is 0.327 e. The van der Waals surface area contributed by atoms with Crippen molar-refractivity contribution in [3.63, 3.8) is 0 Å². The molecule has 1 aliphatic heterocycles. The first-order valence-corrected chi connectivity index (χ1v) is 6.78. The van der Waals surface area contributed by atoms with Crippen LogP contribution in [0.1, 0.15) is 20.8 Å². The van der Waals surface area contributed by atoms with Crippen molar-refractivity contribution >= 4 is 23.2 Å². The standard InChI is InChI=1S/C14H17N3O5/c1-4-21-12(18)8-15-13-14(2,3)22-11-6-5-9(17(19)20)7-10(11)16-13/h5-7H,4,8H2,1-3H3,(H,15,16). The van der Waals surface area contributed by atoms with Gasteiger partial charge in [0.25, 0.3) is 5.69 Å². The quantitative estimate of drug-likeness (QED) is 0.519. The molecule has 1 aromatic carbocycles. The summed E-state index contributed by atoms with van der Waals surface area (Å²) in [5.74, 6) is 0.455. The number of nitrogens with zero attached hydrogens (tertiary/aromatic N) is 2. The van der Waals surface area contributed by atoms with Crippen molar-refractivity contribution in [3.05, 3.63) is 28.3 Å². The molecule has 0 amide bonds. The SMILES string of the molecule is CCOC(=O)CN=C1Nc2cc([N+](=O)[O-])ccc2OC1(C)C. The summed E-state index contributed by atoms with van der Waals surface area (Å²) in [6, 6.07) is 4.27. The lowest BCUT2D eigenvalue weighted by atomic mass is 10.0. The summed E-state index contributed by atoms with van der Waals surface area (Å²) in [7, 11) is 0. The largest absolute Gasteiger partial charge is 0.478 e. The number of carbonyl (C=O) groups excluding carboxylic acids is 1. The molecule has 0 atom stereocenters. The van der Waals surface area contributed by atoms with E-state index in [-0.39, 0.29) is 18.8 Å². The molecule has 0 unspecified atom stereocenters. The Balaban J connectivity index is 2.27. The van der Waals surface area contributed by atoms with Gasteiger partial charge in [0, 0.05) is 12.1 Å². The Morgan fingerprint density at radius 1 is 1.50 bits per heavy atom. The minimum Gasteiger partial charge on any atom is -0.478 e. The van der Waals surface area contributed by atoms with E-state index in [1.54, 1.807) is 20.8 Å². The molecule has 0 spiro atoms. The lowest BCUT2D eigenvalue weighted by Crippen LogP contribution is -2.46. The van der Waals surface area contributed by atoms with Gasteiger partial charge in [-0.3, -0.25) is 19.9 Å². The van der Waals surface area contributed by atoms with E-state index in [0.717, 1.165) is 0 Å². The monoisotopic (exact) mass is 307 g/mol. The number of esters is 1. The normalized spacial score (nSPS) is 17.1. The number of nitrogens with one attached hydrogen (secondary N) is 1. The van der Waals surface area contributed by atoms with E-state index in [1.165, 1.54) is 18.2 Å². The number of non-ortho nitro benzene ring substituents is 1. The molecular weight excluding hydrogens is 290 g/mol. The van der Waals surface area contributed by atoms with Gasteiger partial charge in [-0.2, -0.15) is 0 Å². The summed E-state index contributed by atoms with van der Waals surface area (Å²) in [5, 5.41) is 13.8. The predicted molar refractivity (Wildman–Crippen MR) is 80.4 cm³/mol. The Morgan fingerprint density at radius 3 is 2.86 bits per heavy atom. The van der Waals surface area contributed by atoms with Crippen LogP contribution in [0.2, 0.25) is 0 Å². The topological polar surface area (TPSA) is 103 Å². The number of aliphatic imine (C=N–C) groups is 1. The number of rotatable bonds is 4. The average molecular weight is 307 g/mol. The summed E-state index contributed by atoms with van der Waals surface area (Å²) in [6.45, 7) is 5.42. The van der Waals surface area contributed by atoms with Gasteiger partial charge < -0.3 is 14.8 Å². The summed E-state index contributed by atoms with van der Waals surface area (Å²) >= 11 is 0. The van der Waals surface area contributed by atoms with Gasteiger partial charge >= 0.3 is 5.97 Å². The number of hydrogen-bond acceptors (Lipinski definition) is 6. The number of ether oxygens (including phenoxy) is 2. The van der Waals surface area contributed by atoms with Gasteiger partial charge in [-0.15, -0.1) is 0 Å². The maximum atomic E-state index is 11.4. The Labute approximate surface area is 127 Å². The summed E-state index contributed by atoms with van der Waals surface area (Å²) in [5.41, 5.74) is -0.397. The van der Waals surface area contributed by atoms with E-state index in [1.807, 2.05) is 0 Å². The third kappa shape index (κ3) is 3.33. The van der Waals surface area contributed by atoms with Crippen LogP contribution in [0.3, 0.4) is 0 Å². The van der Waals surface area contributed by atoms with E-state index in [0.29, 0.717) is 17.3 Å². The first-order chi connectivity index (χ1) is 10.3. The lowest BCUT2D eigenvalue weighted by Gasteiger charge is -2.34. The number of fused-ring (bicyclic) bond motifs is 1. The second-order valence-electron chi connectivity index (χ2n) is 5.14. The lowest BCUT2D eigenvalue weighted by molar-refractivity contribution is -0.384. The Kier molecular flexibility index (Phi) is 4.30. The fourth-order valence-corrected chi connectivity index (χ4v) is 2.00. The molecule has 0 aromatic heterocycles. The predicted octanol–water partition coefficient (Wildman–Crippen LogP) is 2.14. The Bertz CT molecular complexity index is 639. The summed E-state index contributed by atoms with van der Waals surface area (Å²) in [4.78, 5) is 25.9. The number of nitro groups is 1. The number of benzene rings is 1. The van der Waals surface area contributed by atoms with E-state index in [9.17, 15) is 14.9 Å². The van der Waals surface area contributed by atoms with E-state index in [4.69, 9.17) is 9.47 Å². The zero-order valence-corrected chi connectivity index (χ0v) is 12.6. The van der Waals surface area contributed by atoms with E-state index >= 15 is 0 Å². The second-order valence-corrected chi connectivity index (χ2v) is 5.14. The van der Waals surface area contributed by atoms with Crippen LogP contribution in [-0.4, -0.2) is 35.5 Å².